The fourth-order valence-electron chi connectivity index (χ4n) is 0.189. The van der Waals surface area contributed by atoms with Crippen molar-refractivity contribution in [2.45, 2.75) is 6.42 Å². The Morgan fingerprint density at radius 1 is 1.57 bits per heavy atom. The Labute approximate surface area is 54.8 Å². The van der Waals surface area contributed by atoms with Crippen LogP contribution in [-0.4, -0.2) is 6.16 Å². The number of rotatable bonds is 3. The van der Waals surface area contributed by atoms with Gasteiger partial charge in [0.15, 0.2) is 0 Å². The van der Waals surface area contributed by atoms with Gasteiger partial charge < -0.3 is 0 Å². The summed E-state index contributed by atoms with van der Waals surface area (Å²) in [4.78, 5) is 0. The van der Waals surface area contributed by atoms with Gasteiger partial charge in [0.2, 0.25) is 0 Å². The Balaban J connectivity index is 2.81. The Bertz CT molecular complexity index is 53.7. The number of hydrogen-bond donors (Lipinski definition) is 0. The third-order valence-corrected chi connectivity index (χ3v) is 2.11. The minimum absolute atomic E-state index is 0.733. The molecule has 0 aromatic heterocycles. The average molecular weight is 157 g/mol. The second-order valence-electron chi connectivity index (χ2n) is 1.10. The molecule has 0 saturated heterocycles. The molecule has 0 aliphatic rings. The average Bonchev–Trinajstić information content (AvgIpc) is 1.61. The standard InChI is InChI=1S/C4H7Cl2P/c1-2-3-4-7(5)6/h2H,1,3-4H2. The maximum Gasteiger partial charge on any atom is 0.0857 e. The van der Waals surface area contributed by atoms with Gasteiger partial charge in [0.25, 0.3) is 0 Å². The van der Waals surface area contributed by atoms with Crippen molar-refractivity contribution in [3.05, 3.63) is 12.7 Å². The first kappa shape index (κ1) is 7.75. The lowest BCUT2D eigenvalue weighted by atomic mass is 10.5. The first-order chi connectivity index (χ1) is 3.27. The number of halogens is 2. The van der Waals surface area contributed by atoms with Gasteiger partial charge in [0.1, 0.15) is 0 Å². The van der Waals surface area contributed by atoms with Crippen LogP contribution in [0.3, 0.4) is 0 Å². The van der Waals surface area contributed by atoms with Crippen molar-refractivity contribution in [1.82, 2.24) is 0 Å². The molecule has 0 aliphatic carbocycles. The molecule has 0 N–H and O–H groups in total. The van der Waals surface area contributed by atoms with Gasteiger partial charge in [-0.25, -0.2) is 0 Å². The summed E-state index contributed by atoms with van der Waals surface area (Å²) in [5.74, 6) is 0. The lowest BCUT2D eigenvalue weighted by Crippen LogP contribution is -1.66. The molecule has 0 bridgehead atoms. The molecule has 0 aliphatic heterocycles. The SMILES string of the molecule is C=CCCP(Cl)Cl. The van der Waals surface area contributed by atoms with E-state index in [2.05, 4.69) is 6.58 Å². The van der Waals surface area contributed by atoms with Gasteiger partial charge in [-0.05, 0) is 12.6 Å². The summed E-state index contributed by atoms with van der Waals surface area (Å²) in [6.45, 7) is 2.79. The second kappa shape index (κ2) is 4.90. The number of hydrogen-bond acceptors (Lipinski definition) is 0. The van der Waals surface area contributed by atoms with Crippen molar-refractivity contribution in [2.24, 2.45) is 0 Å². The summed E-state index contributed by atoms with van der Waals surface area (Å²) >= 11 is 10.9. The topological polar surface area (TPSA) is 0 Å². The van der Waals surface area contributed by atoms with Gasteiger partial charge in [-0.2, -0.15) is 0 Å². The van der Waals surface area contributed by atoms with Gasteiger partial charge in [0, 0.05) is 0 Å². The van der Waals surface area contributed by atoms with Crippen molar-refractivity contribution >= 4 is 29.1 Å². The van der Waals surface area contributed by atoms with E-state index in [0.717, 1.165) is 12.6 Å². The molecular weight excluding hydrogens is 150 g/mol. The lowest BCUT2D eigenvalue weighted by molar-refractivity contribution is 1.25. The van der Waals surface area contributed by atoms with Crippen LogP contribution >= 0.6 is 29.1 Å². The highest BCUT2D eigenvalue weighted by Crippen LogP contribution is 2.46. The van der Waals surface area contributed by atoms with E-state index in [1.165, 1.54) is 0 Å². The monoisotopic (exact) mass is 156 g/mol. The Kier molecular flexibility index (Phi) is 5.42. The first-order valence-corrected chi connectivity index (χ1v) is 5.31. The van der Waals surface area contributed by atoms with E-state index in [1.54, 1.807) is 0 Å². The molecule has 0 atom stereocenters. The smallest absolute Gasteiger partial charge is 0.0857 e. The molecule has 0 aromatic carbocycles. The van der Waals surface area contributed by atoms with E-state index in [9.17, 15) is 0 Å². The van der Waals surface area contributed by atoms with Crippen LogP contribution in [0.1, 0.15) is 6.42 Å². The molecule has 7 heavy (non-hydrogen) atoms. The van der Waals surface area contributed by atoms with E-state index < -0.39 is 6.63 Å². The zero-order valence-electron chi connectivity index (χ0n) is 3.90. The summed E-state index contributed by atoms with van der Waals surface area (Å²) in [6, 6.07) is 0. The zero-order chi connectivity index (χ0) is 5.70. The highest BCUT2D eigenvalue weighted by Gasteiger charge is 1.92. The van der Waals surface area contributed by atoms with Gasteiger partial charge in [0.05, 0.1) is 6.63 Å². The van der Waals surface area contributed by atoms with Gasteiger partial charge in [-0.15, -0.1) is 6.58 Å². The molecule has 0 aromatic rings. The molecule has 0 radical (unpaired) electrons. The van der Waals surface area contributed by atoms with E-state index >= 15 is 0 Å². The van der Waals surface area contributed by atoms with Crippen LogP contribution < -0.4 is 0 Å². The van der Waals surface area contributed by atoms with Crippen molar-refractivity contribution in [2.75, 3.05) is 6.16 Å². The van der Waals surface area contributed by atoms with Crippen LogP contribution in [0.25, 0.3) is 0 Å². The molecule has 3 heteroatoms. The first-order valence-electron chi connectivity index (χ1n) is 1.97. The van der Waals surface area contributed by atoms with Crippen molar-refractivity contribution in [1.29, 1.82) is 0 Å². The fraction of sp³-hybridized carbons (Fsp3) is 0.500. The van der Waals surface area contributed by atoms with Crippen LogP contribution in [0.2, 0.25) is 0 Å². The van der Waals surface area contributed by atoms with Crippen LogP contribution in [0, 0.1) is 0 Å². The molecule has 0 unspecified atom stereocenters. The van der Waals surface area contributed by atoms with Crippen LogP contribution in [0.15, 0.2) is 12.7 Å². The fourth-order valence-corrected chi connectivity index (χ4v) is 1.15. The molecule has 0 saturated carbocycles. The summed E-state index contributed by atoms with van der Waals surface area (Å²) in [6.07, 6.45) is 3.63. The predicted molar refractivity (Wildman–Crippen MR) is 38.3 cm³/mol. The maximum atomic E-state index is 5.44. The molecule has 0 fully saturated rings. The maximum absolute atomic E-state index is 5.44. The molecule has 0 spiro atoms. The molecule has 0 heterocycles. The minimum atomic E-state index is -0.733. The zero-order valence-corrected chi connectivity index (χ0v) is 6.31. The van der Waals surface area contributed by atoms with Crippen molar-refractivity contribution < 1.29 is 0 Å². The molecule has 0 nitrogen and oxygen atoms in total. The van der Waals surface area contributed by atoms with E-state index in [-0.39, 0.29) is 0 Å². The third-order valence-electron chi connectivity index (χ3n) is 0.502. The summed E-state index contributed by atoms with van der Waals surface area (Å²) in [5.41, 5.74) is 0. The predicted octanol–water partition coefficient (Wildman–Crippen LogP) is 3.35. The van der Waals surface area contributed by atoms with Crippen molar-refractivity contribution in [3.8, 4) is 0 Å². The quantitative estimate of drug-likeness (QED) is 0.435. The molecular formula is C4H7Cl2P. The molecule has 42 valence electrons. The van der Waals surface area contributed by atoms with E-state index in [1.807, 2.05) is 6.08 Å². The summed E-state index contributed by atoms with van der Waals surface area (Å²) in [7, 11) is 0. The van der Waals surface area contributed by atoms with Gasteiger partial charge in [-0.1, -0.05) is 28.6 Å². The number of allylic oxidation sites excluding steroid dienone is 1. The van der Waals surface area contributed by atoms with Gasteiger partial charge in [-0.3, -0.25) is 0 Å². The van der Waals surface area contributed by atoms with Crippen LogP contribution in [0.4, 0.5) is 0 Å². The minimum Gasteiger partial charge on any atom is -0.103 e. The highest BCUT2D eigenvalue weighted by atomic mass is 35.9. The van der Waals surface area contributed by atoms with Crippen molar-refractivity contribution in [3.63, 3.8) is 0 Å². The van der Waals surface area contributed by atoms with Crippen LogP contribution in [0.5, 0.6) is 0 Å². The van der Waals surface area contributed by atoms with E-state index in [0.29, 0.717) is 0 Å². The summed E-state index contributed by atoms with van der Waals surface area (Å²) in [5, 5.41) is 0. The largest absolute Gasteiger partial charge is 0.103 e. The molecule has 0 rings (SSSR count). The van der Waals surface area contributed by atoms with Gasteiger partial charge >= 0.3 is 0 Å². The normalized spacial score (nSPS) is 9.57. The Morgan fingerprint density at radius 3 is 2.29 bits per heavy atom. The summed E-state index contributed by atoms with van der Waals surface area (Å²) < 4.78 is 0. The second-order valence-corrected chi connectivity index (χ2v) is 5.12. The Morgan fingerprint density at radius 2 is 2.14 bits per heavy atom. The lowest BCUT2D eigenvalue weighted by Gasteiger charge is -1.91. The van der Waals surface area contributed by atoms with E-state index in [4.69, 9.17) is 22.5 Å². The Hall–Kier alpha value is 0.750. The highest BCUT2D eigenvalue weighted by molar-refractivity contribution is 8.03. The third kappa shape index (κ3) is 6.75. The van der Waals surface area contributed by atoms with Crippen LogP contribution in [-0.2, 0) is 0 Å². The molecule has 0 amide bonds.